The van der Waals surface area contributed by atoms with Gasteiger partial charge in [0.25, 0.3) is 10.0 Å². The van der Waals surface area contributed by atoms with Crippen LogP contribution >= 0.6 is 0 Å². The number of hydrogen-bond acceptors (Lipinski definition) is 5. The molecule has 0 fully saturated rings. The third kappa shape index (κ3) is 4.58. The quantitative estimate of drug-likeness (QED) is 0.590. The van der Waals surface area contributed by atoms with Crippen molar-refractivity contribution >= 4 is 15.7 Å². The van der Waals surface area contributed by atoms with Crippen LogP contribution in [0.25, 0.3) is 0 Å². The van der Waals surface area contributed by atoms with Gasteiger partial charge < -0.3 is 14.6 Å². The van der Waals surface area contributed by atoms with Crippen LogP contribution in [-0.2, 0) is 10.0 Å². The minimum Gasteiger partial charge on any atom is -0.493 e. The van der Waals surface area contributed by atoms with Crippen LogP contribution in [0.1, 0.15) is 28.4 Å². The monoisotopic (exact) mass is 427 g/mol. The molecule has 30 heavy (non-hydrogen) atoms. The van der Waals surface area contributed by atoms with Crippen LogP contribution in [0.3, 0.4) is 0 Å². The molecule has 0 spiro atoms. The van der Waals surface area contributed by atoms with Gasteiger partial charge in [-0.25, -0.2) is 8.42 Å². The molecule has 0 aliphatic carbocycles. The first-order chi connectivity index (χ1) is 14.2. The molecule has 6 nitrogen and oxygen atoms in total. The van der Waals surface area contributed by atoms with Gasteiger partial charge in [-0.2, -0.15) is 0 Å². The Kier molecular flexibility index (Phi) is 6.34. The summed E-state index contributed by atoms with van der Waals surface area (Å²) in [7, 11) is -0.930. The van der Waals surface area contributed by atoms with Crippen molar-refractivity contribution in [1.82, 2.24) is 0 Å². The molecule has 0 bridgehead atoms. The van der Waals surface area contributed by atoms with Crippen molar-refractivity contribution in [3.05, 3.63) is 82.9 Å². The number of aliphatic hydroxyl groups excluding tert-OH is 1. The standard InChI is InChI=1S/C23H25NO5S/c1-15-8-10-18(11-9-15)30(26,27)24-20-14-22(29-4)21(28-3)13-19(20)23(25)17-7-5-6-16(2)12-17/h5-14,23-25H,1-4H3. The van der Waals surface area contributed by atoms with Gasteiger partial charge in [0, 0.05) is 11.6 Å². The molecule has 0 saturated heterocycles. The second kappa shape index (κ2) is 8.77. The van der Waals surface area contributed by atoms with Gasteiger partial charge in [0.1, 0.15) is 6.10 Å². The van der Waals surface area contributed by atoms with E-state index in [-0.39, 0.29) is 10.6 Å². The molecule has 0 heterocycles. The number of methoxy groups -OCH3 is 2. The first-order valence-electron chi connectivity index (χ1n) is 9.35. The first kappa shape index (κ1) is 21.7. The highest BCUT2D eigenvalue weighted by molar-refractivity contribution is 7.92. The van der Waals surface area contributed by atoms with Gasteiger partial charge in [-0.1, -0.05) is 47.5 Å². The summed E-state index contributed by atoms with van der Waals surface area (Å²) in [5, 5.41) is 11.1. The molecular formula is C23H25NO5S. The van der Waals surface area contributed by atoms with Gasteiger partial charge in [-0.05, 0) is 37.6 Å². The maximum atomic E-state index is 13.0. The molecule has 0 radical (unpaired) electrons. The van der Waals surface area contributed by atoms with Gasteiger partial charge in [0.05, 0.1) is 24.8 Å². The number of benzene rings is 3. The Morgan fingerprint density at radius 3 is 2.10 bits per heavy atom. The van der Waals surface area contributed by atoms with Crippen LogP contribution in [-0.4, -0.2) is 27.7 Å². The number of ether oxygens (including phenoxy) is 2. The lowest BCUT2D eigenvalue weighted by Crippen LogP contribution is -2.16. The molecule has 3 aromatic carbocycles. The van der Waals surface area contributed by atoms with Crippen molar-refractivity contribution in [1.29, 1.82) is 0 Å². The zero-order valence-corrected chi connectivity index (χ0v) is 18.2. The third-order valence-electron chi connectivity index (χ3n) is 4.78. The molecule has 3 rings (SSSR count). The smallest absolute Gasteiger partial charge is 0.261 e. The Bertz CT molecular complexity index is 1140. The summed E-state index contributed by atoms with van der Waals surface area (Å²) in [5.41, 5.74) is 3.14. The van der Waals surface area contributed by atoms with Crippen LogP contribution in [0.15, 0.2) is 65.6 Å². The minimum atomic E-state index is -3.88. The van der Waals surface area contributed by atoms with E-state index in [1.807, 2.05) is 32.0 Å². The second-order valence-corrected chi connectivity index (χ2v) is 8.71. The largest absolute Gasteiger partial charge is 0.493 e. The van der Waals surface area contributed by atoms with E-state index in [1.54, 1.807) is 24.3 Å². The number of sulfonamides is 1. The van der Waals surface area contributed by atoms with Gasteiger partial charge in [-0.15, -0.1) is 0 Å². The van der Waals surface area contributed by atoms with Crippen LogP contribution in [0.5, 0.6) is 11.5 Å². The number of aliphatic hydroxyl groups is 1. The maximum absolute atomic E-state index is 13.0. The van der Waals surface area contributed by atoms with E-state index in [9.17, 15) is 13.5 Å². The lowest BCUT2D eigenvalue weighted by molar-refractivity contribution is 0.220. The highest BCUT2D eigenvalue weighted by atomic mass is 32.2. The topological polar surface area (TPSA) is 84.9 Å². The Hall–Kier alpha value is -3.03. The molecular weight excluding hydrogens is 402 g/mol. The fourth-order valence-corrected chi connectivity index (χ4v) is 4.23. The molecule has 3 aromatic rings. The lowest BCUT2D eigenvalue weighted by Gasteiger charge is -2.20. The Morgan fingerprint density at radius 2 is 1.50 bits per heavy atom. The number of aryl methyl sites for hydroxylation is 2. The molecule has 158 valence electrons. The number of nitrogens with one attached hydrogen (secondary N) is 1. The first-order valence-corrected chi connectivity index (χ1v) is 10.8. The molecule has 0 aliphatic heterocycles. The summed E-state index contributed by atoms with van der Waals surface area (Å²) in [6, 6.07) is 17.0. The molecule has 1 unspecified atom stereocenters. The average Bonchev–Trinajstić information content (AvgIpc) is 2.73. The maximum Gasteiger partial charge on any atom is 0.261 e. The Labute approximate surface area is 177 Å². The fourth-order valence-electron chi connectivity index (χ4n) is 3.15. The normalized spacial score (nSPS) is 12.3. The molecule has 2 N–H and O–H groups in total. The zero-order valence-electron chi connectivity index (χ0n) is 17.3. The van der Waals surface area contributed by atoms with Crippen molar-refractivity contribution < 1.29 is 23.0 Å². The summed E-state index contributed by atoms with van der Waals surface area (Å²) >= 11 is 0. The van der Waals surface area contributed by atoms with Crippen LogP contribution < -0.4 is 14.2 Å². The highest BCUT2D eigenvalue weighted by Gasteiger charge is 2.23. The fraction of sp³-hybridized carbons (Fsp3) is 0.217. The second-order valence-electron chi connectivity index (χ2n) is 7.03. The van der Waals surface area contributed by atoms with Gasteiger partial charge >= 0.3 is 0 Å². The predicted octanol–water partition coefficient (Wildman–Crippen LogP) is 4.20. The number of hydrogen-bond donors (Lipinski definition) is 2. The van der Waals surface area contributed by atoms with E-state index < -0.39 is 16.1 Å². The lowest BCUT2D eigenvalue weighted by atomic mass is 9.98. The van der Waals surface area contributed by atoms with Crippen LogP contribution in [0.2, 0.25) is 0 Å². The number of rotatable bonds is 7. The summed E-state index contributed by atoms with van der Waals surface area (Å²) in [5.74, 6) is 0.733. The Balaban J connectivity index is 2.11. The molecule has 0 amide bonds. The summed E-state index contributed by atoms with van der Waals surface area (Å²) < 4.78 is 39.2. The predicted molar refractivity (Wildman–Crippen MR) is 117 cm³/mol. The van der Waals surface area contributed by atoms with Crippen molar-refractivity contribution in [2.75, 3.05) is 18.9 Å². The van der Waals surface area contributed by atoms with Crippen molar-refractivity contribution in [2.45, 2.75) is 24.8 Å². The molecule has 7 heteroatoms. The van der Waals surface area contributed by atoms with Gasteiger partial charge in [-0.3, -0.25) is 4.72 Å². The van der Waals surface area contributed by atoms with E-state index in [2.05, 4.69) is 4.72 Å². The summed E-state index contributed by atoms with van der Waals surface area (Å²) in [6.07, 6.45) is -1.07. The van der Waals surface area contributed by atoms with E-state index >= 15 is 0 Å². The van der Waals surface area contributed by atoms with Crippen molar-refractivity contribution in [2.24, 2.45) is 0 Å². The molecule has 1 atom stereocenters. The average molecular weight is 428 g/mol. The third-order valence-corrected chi connectivity index (χ3v) is 6.17. The van der Waals surface area contributed by atoms with Gasteiger partial charge in [0.15, 0.2) is 11.5 Å². The van der Waals surface area contributed by atoms with Crippen molar-refractivity contribution in [3.8, 4) is 11.5 Å². The van der Waals surface area contributed by atoms with Crippen molar-refractivity contribution in [3.63, 3.8) is 0 Å². The van der Waals surface area contributed by atoms with Crippen LogP contribution in [0.4, 0.5) is 5.69 Å². The number of anilines is 1. The van der Waals surface area contributed by atoms with E-state index in [4.69, 9.17) is 9.47 Å². The SMILES string of the molecule is COc1cc(NS(=O)(=O)c2ccc(C)cc2)c(C(O)c2cccc(C)c2)cc1OC. The highest BCUT2D eigenvalue weighted by Crippen LogP contribution is 2.39. The molecule has 0 aromatic heterocycles. The zero-order chi connectivity index (χ0) is 21.9. The summed E-state index contributed by atoms with van der Waals surface area (Å²) in [4.78, 5) is 0.124. The van der Waals surface area contributed by atoms with Gasteiger partial charge in [0.2, 0.25) is 0 Å². The summed E-state index contributed by atoms with van der Waals surface area (Å²) in [6.45, 7) is 3.81. The van der Waals surface area contributed by atoms with E-state index in [0.29, 0.717) is 22.6 Å². The van der Waals surface area contributed by atoms with E-state index in [0.717, 1.165) is 11.1 Å². The van der Waals surface area contributed by atoms with Crippen LogP contribution in [0, 0.1) is 13.8 Å². The Morgan fingerprint density at radius 1 is 0.867 bits per heavy atom. The molecule has 0 aliphatic rings. The van der Waals surface area contributed by atoms with E-state index in [1.165, 1.54) is 32.4 Å². The molecule has 0 saturated carbocycles. The minimum absolute atomic E-state index is 0.124.